The Labute approximate surface area is 111 Å². The van der Waals surface area contributed by atoms with E-state index in [-0.39, 0.29) is 23.9 Å². The van der Waals surface area contributed by atoms with Gasteiger partial charge in [0.15, 0.2) is 5.69 Å². The van der Waals surface area contributed by atoms with Gasteiger partial charge >= 0.3 is 5.97 Å². The monoisotopic (exact) mass is 268 g/mol. The van der Waals surface area contributed by atoms with Gasteiger partial charge in [0, 0.05) is 13.0 Å². The van der Waals surface area contributed by atoms with Gasteiger partial charge in [0.25, 0.3) is 5.91 Å². The number of carboxylic acids is 1. The van der Waals surface area contributed by atoms with Gasteiger partial charge in [-0.15, -0.1) is 0 Å². The molecule has 7 nitrogen and oxygen atoms in total. The average molecular weight is 268 g/mol. The maximum atomic E-state index is 11.6. The number of aromatic nitrogens is 3. The second-order valence-electron chi connectivity index (χ2n) is 4.84. The molecular weight excluding hydrogens is 248 g/mol. The summed E-state index contributed by atoms with van der Waals surface area (Å²) in [6, 6.07) is 0. The van der Waals surface area contributed by atoms with Gasteiger partial charge in [-0.3, -0.25) is 9.59 Å². The van der Waals surface area contributed by atoms with Crippen molar-refractivity contribution in [1.82, 2.24) is 20.7 Å². The molecule has 0 bridgehead atoms. The molecule has 1 aromatic heterocycles. The molecule has 7 heteroatoms. The van der Waals surface area contributed by atoms with E-state index >= 15 is 0 Å². The Kier molecular flexibility index (Phi) is 5.98. The Morgan fingerprint density at radius 2 is 2.16 bits per heavy atom. The largest absolute Gasteiger partial charge is 0.481 e. The van der Waals surface area contributed by atoms with E-state index in [0.29, 0.717) is 18.9 Å². The van der Waals surface area contributed by atoms with E-state index in [1.54, 1.807) is 0 Å². The maximum Gasteiger partial charge on any atom is 0.303 e. The Morgan fingerprint density at radius 1 is 1.42 bits per heavy atom. The van der Waals surface area contributed by atoms with Gasteiger partial charge in [0.2, 0.25) is 0 Å². The number of carboxylic acid groups (broad SMARTS) is 1. The van der Waals surface area contributed by atoms with Gasteiger partial charge in [-0.25, -0.2) is 0 Å². The summed E-state index contributed by atoms with van der Waals surface area (Å²) in [6.45, 7) is 4.63. The zero-order valence-electron chi connectivity index (χ0n) is 11.2. The molecule has 1 atom stereocenters. The highest BCUT2D eigenvalue weighted by molar-refractivity contribution is 5.91. The van der Waals surface area contributed by atoms with E-state index in [1.807, 2.05) is 0 Å². The number of aliphatic carboxylic acids is 1. The summed E-state index contributed by atoms with van der Waals surface area (Å²) in [5.74, 6) is -0.371. The van der Waals surface area contributed by atoms with Gasteiger partial charge in [0.05, 0.1) is 6.20 Å². The molecule has 0 spiro atoms. The minimum absolute atomic E-state index is 0.167. The fourth-order valence-electron chi connectivity index (χ4n) is 1.89. The first-order valence-corrected chi connectivity index (χ1v) is 6.36. The molecule has 1 amide bonds. The molecule has 0 aromatic carbocycles. The highest BCUT2D eigenvalue weighted by Crippen LogP contribution is 2.20. The van der Waals surface area contributed by atoms with Crippen molar-refractivity contribution in [2.45, 2.75) is 33.1 Å². The van der Waals surface area contributed by atoms with Gasteiger partial charge < -0.3 is 10.4 Å². The van der Waals surface area contributed by atoms with Crippen molar-refractivity contribution in [3.8, 4) is 0 Å². The number of aromatic amines is 1. The summed E-state index contributed by atoms with van der Waals surface area (Å²) >= 11 is 0. The lowest BCUT2D eigenvalue weighted by molar-refractivity contribution is -0.137. The zero-order valence-corrected chi connectivity index (χ0v) is 11.2. The summed E-state index contributed by atoms with van der Waals surface area (Å²) in [6.07, 6.45) is 2.92. The molecule has 0 aliphatic rings. The molecule has 0 radical (unpaired) electrons. The van der Waals surface area contributed by atoms with Crippen LogP contribution in [0, 0.1) is 11.8 Å². The number of H-pyrrole nitrogens is 1. The Bertz CT molecular complexity index is 403. The Balaban J connectivity index is 2.32. The molecule has 106 valence electrons. The first kappa shape index (κ1) is 15.1. The molecule has 0 saturated carbocycles. The van der Waals surface area contributed by atoms with Crippen LogP contribution in [-0.4, -0.2) is 38.9 Å². The van der Waals surface area contributed by atoms with E-state index in [1.165, 1.54) is 6.20 Å². The summed E-state index contributed by atoms with van der Waals surface area (Å²) in [7, 11) is 0. The van der Waals surface area contributed by atoms with Crippen molar-refractivity contribution in [3.63, 3.8) is 0 Å². The molecule has 1 aromatic rings. The minimum atomic E-state index is -0.780. The van der Waals surface area contributed by atoms with Crippen LogP contribution in [0.3, 0.4) is 0 Å². The lowest BCUT2D eigenvalue weighted by Gasteiger charge is -2.20. The first-order valence-electron chi connectivity index (χ1n) is 6.36. The van der Waals surface area contributed by atoms with Crippen molar-refractivity contribution in [2.75, 3.05) is 6.54 Å². The summed E-state index contributed by atoms with van der Waals surface area (Å²) in [4.78, 5) is 22.2. The molecule has 0 fully saturated rings. The van der Waals surface area contributed by atoms with E-state index in [9.17, 15) is 9.59 Å². The number of hydrogen-bond donors (Lipinski definition) is 3. The van der Waals surface area contributed by atoms with Crippen molar-refractivity contribution in [2.24, 2.45) is 11.8 Å². The topological polar surface area (TPSA) is 108 Å². The van der Waals surface area contributed by atoms with Gasteiger partial charge in [-0.2, -0.15) is 15.4 Å². The van der Waals surface area contributed by atoms with Crippen LogP contribution in [-0.2, 0) is 4.79 Å². The van der Waals surface area contributed by atoms with Gasteiger partial charge in [0.1, 0.15) is 0 Å². The number of carbonyl (C=O) groups excluding carboxylic acids is 1. The fourth-order valence-corrected chi connectivity index (χ4v) is 1.89. The van der Waals surface area contributed by atoms with Crippen LogP contribution >= 0.6 is 0 Å². The lowest BCUT2D eigenvalue weighted by atomic mass is 9.88. The van der Waals surface area contributed by atoms with E-state index < -0.39 is 5.97 Å². The molecule has 0 aliphatic carbocycles. The number of carbonyl (C=O) groups is 2. The molecule has 1 rings (SSSR count). The molecule has 0 aliphatic heterocycles. The summed E-state index contributed by atoms with van der Waals surface area (Å²) in [5, 5.41) is 21.1. The highest BCUT2D eigenvalue weighted by atomic mass is 16.4. The maximum absolute atomic E-state index is 11.6. The normalized spacial score (nSPS) is 12.4. The first-order chi connectivity index (χ1) is 9.00. The van der Waals surface area contributed by atoms with Crippen LogP contribution in [0.1, 0.15) is 43.6 Å². The van der Waals surface area contributed by atoms with Crippen molar-refractivity contribution < 1.29 is 14.7 Å². The molecule has 0 saturated heterocycles. The second kappa shape index (κ2) is 7.50. The predicted octanol–water partition coefficient (Wildman–Crippen LogP) is 1.06. The predicted molar refractivity (Wildman–Crippen MR) is 68.5 cm³/mol. The van der Waals surface area contributed by atoms with Crippen molar-refractivity contribution >= 4 is 11.9 Å². The fraction of sp³-hybridized carbons (Fsp3) is 0.667. The smallest absolute Gasteiger partial charge is 0.303 e. The highest BCUT2D eigenvalue weighted by Gasteiger charge is 2.16. The van der Waals surface area contributed by atoms with Gasteiger partial charge in [-0.05, 0) is 24.7 Å². The average Bonchev–Trinajstić information content (AvgIpc) is 2.86. The quantitative estimate of drug-likeness (QED) is 0.653. The molecule has 1 heterocycles. The molecule has 3 N–H and O–H groups in total. The van der Waals surface area contributed by atoms with Crippen LogP contribution in [0.4, 0.5) is 0 Å². The molecular formula is C12H20N4O3. The van der Waals surface area contributed by atoms with Crippen molar-refractivity contribution in [3.05, 3.63) is 11.9 Å². The SMILES string of the molecule is CC(C)C(CCNC(=O)c1cn[nH]n1)CCC(=O)O. The third-order valence-electron chi connectivity index (χ3n) is 3.12. The summed E-state index contributed by atoms with van der Waals surface area (Å²) in [5.41, 5.74) is 0.256. The van der Waals surface area contributed by atoms with Gasteiger partial charge in [-0.1, -0.05) is 13.8 Å². The van der Waals surface area contributed by atoms with Crippen LogP contribution < -0.4 is 5.32 Å². The van der Waals surface area contributed by atoms with E-state index in [2.05, 4.69) is 34.6 Å². The number of rotatable bonds is 8. The van der Waals surface area contributed by atoms with Crippen LogP contribution in [0.5, 0.6) is 0 Å². The minimum Gasteiger partial charge on any atom is -0.481 e. The third-order valence-corrected chi connectivity index (χ3v) is 3.12. The Morgan fingerprint density at radius 3 is 2.68 bits per heavy atom. The molecule has 19 heavy (non-hydrogen) atoms. The van der Waals surface area contributed by atoms with E-state index in [4.69, 9.17) is 5.11 Å². The lowest BCUT2D eigenvalue weighted by Crippen LogP contribution is -2.27. The summed E-state index contributed by atoms with van der Waals surface area (Å²) < 4.78 is 0. The zero-order chi connectivity index (χ0) is 14.3. The standard InChI is InChI=1S/C12H20N4O3/c1-8(2)9(3-4-11(17)18)5-6-13-12(19)10-7-14-16-15-10/h7-9H,3-6H2,1-2H3,(H,13,19)(H,17,18)(H,14,15,16). The number of hydrogen-bond acceptors (Lipinski definition) is 4. The number of amides is 1. The second-order valence-corrected chi connectivity index (χ2v) is 4.84. The third kappa shape index (κ3) is 5.50. The van der Waals surface area contributed by atoms with Crippen LogP contribution in [0.25, 0.3) is 0 Å². The van der Waals surface area contributed by atoms with Crippen molar-refractivity contribution in [1.29, 1.82) is 0 Å². The number of nitrogens with zero attached hydrogens (tertiary/aromatic N) is 2. The van der Waals surface area contributed by atoms with Crippen LogP contribution in [0.2, 0.25) is 0 Å². The Hall–Kier alpha value is -1.92. The number of nitrogens with one attached hydrogen (secondary N) is 2. The van der Waals surface area contributed by atoms with Crippen LogP contribution in [0.15, 0.2) is 6.20 Å². The molecule has 1 unspecified atom stereocenters. The van der Waals surface area contributed by atoms with E-state index in [0.717, 1.165) is 6.42 Å².